The molecule has 4 aliphatic heterocycles. The predicted molar refractivity (Wildman–Crippen MR) is 213 cm³/mol. The predicted octanol–water partition coefficient (Wildman–Crippen LogP) is -11.0. The molecule has 32 heteroatoms. The van der Waals surface area contributed by atoms with E-state index in [9.17, 15) is 89.2 Å². The minimum atomic E-state index is -5.11. The minimum Gasteiger partial charge on any atom is -0.394 e. The molecule has 4 aliphatic rings. The largest absolute Gasteiger partial charge is 0.397 e. The van der Waals surface area contributed by atoms with Crippen LogP contribution in [0.2, 0.25) is 0 Å². The number of aliphatic hydroxyl groups is 13. The molecule has 0 saturated carbocycles. The van der Waals surface area contributed by atoms with Gasteiger partial charge in [-0.05, 0) is 6.92 Å². The lowest BCUT2D eigenvalue weighted by molar-refractivity contribution is -0.392. The molecule has 17 N–H and O–H groups in total. The number of hydrogen-bond acceptors (Lipinski definition) is 27. The van der Waals surface area contributed by atoms with Crippen molar-refractivity contribution in [1.29, 1.82) is 0 Å². The maximum atomic E-state index is 12.4. The Kier molecular flexibility index (Phi) is 21.5. The maximum absolute atomic E-state index is 12.4. The van der Waals surface area contributed by atoms with E-state index in [0.717, 1.165) is 20.8 Å². The smallest absolute Gasteiger partial charge is 0.394 e. The fourth-order valence-electron chi connectivity index (χ4n) is 7.80. The summed E-state index contributed by atoms with van der Waals surface area (Å²) in [6.45, 7) is -1.04. The molecule has 4 heterocycles. The van der Waals surface area contributed by atoms with Gasteiger partial charge in [-0.25, -0.2) is 4.18 Å². The first-order chi connectivity index (χ1) is 31.7. The molecule has 0 radical (unpaired) electrons. The van der Waals surface area contributed by atoms with Gasteiger partial charge in [-0.1, -0.05) is 0 Å². The minimum absolute atomic E-state index is 0.802. The molecule has 31 nitrogen and oxygen atoms in total. The number of carbonyl (C=O) groups is 3. The summed E-state index contributed by atoms with van der Waals surface area (Å²) in [4.78, 5) is 36.7. The number of rotatable bonds is 21. The van der Waals surface area contributed by atoms with Crippen molar-refractivity contribution in [2.75, 3.05) is 33.0 Å². The average Bonchev–Trinajstić information content (AvgIpc) is 3.26. The van der Waals surface area contributed by atoms with Crippen molar-refractivity contribution in [3.05, 3.63) is 0 Å². The van der Waals surface area contributed by atoms with Crippen LogP contribution in [0.15, 0.2) is 0 Å². The summed E-state index contributed by atoms with van der Waals surface area (Å²) in [6.07, 6.45) is -40.9. The standard InChI is InChI=1S/C36H63N3O28S/c1-10-21(47)28(54)29(55)35(61-10)67-32-31(66-34-20(39-13(4)45)27(53)23(49)16(6-41)62-34)25(51)17(7-42)63-36(32)65-30(14(5-40)37-11(2)43)22(48)15(46)8-59-33-19(38-12(3)44)26(52)24(50)18(64-33)9-60-68(56,57)58/h10,14-36,40-42,46-55H,5-9H2,1-4H3,(H,37,43)(H,38,44)(H,39,45)(H,56,57,58)/t10-,14-,15+,16+,17+,18+,19+,20+,21+,22-,23-,24+,25-,26+,27+,28+,29-,30+,31-,32+,33+,34+,35-,36-/m0/s1. The Hall–Kier alpha value is -2.56. The lowest BCUT2D eigenvalue weighted by atomic mass is 9.94. The third kappa shape index (κ3) is 14.5. The molecule has 4 saturated heterocycles. The summed E-state index contributed by atoms with van der Waals surface area (Å²) in [6, 6.07) is -5.09. The number of ether oxygens (including phenoxy) is 8. The van der Waals surface area contributed by atoms with Gasteiger partial charge in [-0.2, -0.15) is 8.42 Å². The monoisotopic (exact) mass is 1020 g/mol. The van der Waals surface area contributed by atoms with E-state index in [1.54, 1.807) is 0 Å². The second kappa shape index (κ2) is 25.2. The van der Waals surface area contributed by atoms with Gasteiger partial charge in [0.15, 0.2) is 25.2 Å². The van der Waals surface area contributed by atoms with E-state index < -0.39 is 208 Å². The summed E-state index contributed by atoms with van der Waals surface area (Å²) < 4.78 is 82.0. The zero-order valence-electron chi connectivity index (χ0n) is 36.8. The van der Waals surface area contributed by atoms with E-state index in [0.29, 0.717) is 0 Å². The van der Waals surface area contributed by atoms with Gasteiger partial charge < -0.3 is 120 Å². The van der Waals surface area contributed by atoms with Crippen LogP contribution < -0.4 is 16.0 Å². The molecule has 0 aromatic rings. The van der Waals surface area contributed by atoms with Crippen molar-refractivity contribution >= 4 is 28.1 Å². The third-order valence-electron chi connectivity index (χ3n) is 11.3. The molecular weight excluding hydrogens is 954 g/mol. The molecule has 3 amide bonds. The topological polar surface area (TPSA) is 488 Å². The Balaban J connectivity index is 1.75. The zero-order valence-corrected chi connectivity index (χ0v) is 37.6. The van der Waals surface area contributed by atoms with Crippen molar-refractivity contribution < 1.29 is 136 Å². The van der Waals surface area contributed by atoms with Gasteiger partial charge in [-0.3, -0.25) is 18.9 Å². The highest BCUT2D eigenvalue weighted by Crippen LogP contribution is 2.35. The van der Waals surface area contributed by atoms with Crippen molar-refractivity contribution in [1.82, 2.24) is 16.0 Å². The molecule has 4 fully saturated rings. The number of hydrogen-bond donors (Lipinski definition) is 17. The maximum Gasteiger partial charge on any atom is 0.397 e. The molecule has 0 aliphatic carbocycles. The summed E-state index contributed by atoms with van der Waals surface area (Å²) in [7, 11) is -5.11. The highest BCUT2D eigenvalue weighted by atomic mass is 32.3. The van der Waals surface area contributed by atoms with Crippen molar-refractivity contribution in [3.8, 4) is 0 Å². The van der Waals surface area contributed by atoms with Crippen LogP contribution in [0, 0.1) is 0 Å². The van der Waals surface area contributed by atoms with E-state index in [2.05, 4.69) is 20.1 Å². The van der Waals surface area contributed by atoms with Crippen LogP contribution in [0.1, 0.15) is 27.7 Å². The van der Waals surface area contributed by atoms with E-state index in [1.165, 1.54) is 6.92 Å². The first-order valence-electron chi connectivity index (χ1n) is 21.0. The number of carbonyl (C=O) groups excluding carboxylic acids is 3. The van der Waals surface area contributed by atoms with Gasteiger partial charge >= 0.3 is 10.4 Å². The van der Waals surface area contributed by atoms with Crippen LogP contribution in [0.25, 0.3) is 0 Å². The Morgan fingerprint density at radius 1 is 0.618 bits per heavy atom. The number of nitrogens with one attached hydrogen (secondary N) is 3. The lowest BCUT2D eigenvalue weighted by Gasteiger charge is -2.50. The summed E-state index contributed by atoms with van der Waals surface area (Å²) in [5.41, 5.74) is 0. The van der Waals surface area contributed by atoms with Gasteiger partial charge in [0, 0.05) is 20.8 Å². The molecule has 0 aromatic heterocycles. The first kappa shape index (κ1) is 58.0. The summed E-state index contributed by atoms with van der Waals surface area (Å²) in [5.74, 6) is -2.48. The van der Waals surface area contributed by atoms with E-state index in [4.69, 9.17) is 42.4 Å². The first-order valence-corrected chi connectivity index (χ1v) is 22.4. The van der Waals surface area contributed by atoms with Crippen molar-refractivity contribution in [2.24, 2.45) is 0 Å². The summed E-state index contributed by atoms with van der Waals surface area (Å²) >= 11 is 0. The fourth-order valence-corrected chi connectivity index (χ4v) is 8.10. The van der Waals surface area contributed by atoms with E-state index in [1.807, 2.05) is 0 Å². The highest BCUT2D eigenvalue weighted by Gasteiger charge is 2.56. The van der Waals surface area contributed by atoms with E-state index in [-0.39, 0.29) is 0 Å². The molecule has 0 unspecified atom stereocenters. The molecule has 0 spiro atoms. The van der Waals surface area contributed by atoms with Crippen LogP contribution in [0.4, 0.5) is 0 Å². The lowest BCUT2D eigenvalue weighted by Crippen LogP contribution is -2.69. The van der Waals surface area contributed by atoms with Crippen LogP contribution in [0.3, 0.4) is 0 Å². The molecule has 0 bridgehead atoms. The van der Waals surface area contributed by atoms with Crippen LogP contribution >= 0.6 is 0 Å². The molecular formula is C36H63N3O28S. The van der Waals surface area contributed by atoms with Gasteiger partial charge in [0.2, 0.25) is 17.7 Å². The average molecular weight is 1020 g/mol. The molecule has 24 atom stereocenters. The van der Waals surface area contributed by atoms with Gasteiger partial charge in [0.05, 0.1) is 45.2 Å². The van der Waals surface area contributed by atoms with E-state index >= 15 is 0 Å². The Bertz CT molecular complexity index is 1740. The molecule has 4 rings (SSSR count). The Morgan fingerprint density at radius 3 is 1.66 bits per heavy atom. The normalized spacial score (nSPS) is 40.9. The number of amides is 3. The fraction of sp³-hybridized carbons (Fsp3) is 0.917. The van der Waals surface area contributed by atoms with Gasteiger partial charge in [0.25, 0.3) is 0 Å². The Morgan fingerprint density at radius 2 is 1.13 bits per heavy atom. The highest BCUT2D eigenvalue weighted by molar-refractivity contribution is 7.80. The van der Waals surface area contributed by atoms with Crippen molar-refractivity contribution in [3.63, 3.8) is 0 Å². The second-order valence-electron chi connectivity index (χ2n) is 16.5. The quantitative estimate of drug-likeness (QED) is 0.0475. The van der Waals surface area contributed by atoms with Gasteiger partial charge in [-0.15, -0.1) is 0 Å². The molecule has 68 heavy (non-hydrogen) atoms. The third-order valence-corrected chi connectivity index (χ3v) is 11.8. The Labute approximate surface area is 387 Å². The zero-order chi connectivity index (χ0) is 51.1. The van der Waals surface area contributed by atoms with Crippen LogP contribution in [-0.2, 0) is 66.9 Å². The van der Waals surface area contributed by atoms with Crippen LogP contribution in [0.5, 0.6) is 0 Å². The van der Waals surface area contributed by atoms with Crippen molar-refractivity contribution in [2.45, 2.75) is 175 Å². The molecule has 396 valence electrons. The van der Waals surface area contributed by atoms with Crippen LogP contribution in [-0.4, -0.2) is 277 Å². The SMILES string of the molecule is CC(=O)N[C@H]1[C@@H](O[C@H]2[C@@H](O)[C@@H](CO)O[C@@H](O[C@@H]([C@@H](O)[C@H](O)CO[C@@H]3O[C@H](COS(=O)(=O)O)[C@@H](O)[C@H](O)[C@H]3NC(C)=O)[C@H](CO)NC(C)=O)[C@@H]2O[C@@H]2O[C@@H](C)[C@@H](O)[C@@H](O)[C@@H]2O)O[C@H](CO)[C@H](O)[C@@H]1O. The molecule has 0 aromatic carbocycles. The van der Waals surface area contributed by atoms with Gasteiger partial charge in [0.1, 0.15) is 110 Å². The second-order valence-corrected chi connectivity index (χ2v) is 17.6. The number of aliphatic hydroxyl groups excluding tert-OH is 13. The summed E-state index contributed by atoms with van der Waals surface area (Å²) in [5, 5.41) is 147.